The van der Waals surface area contributed by atoms with E-state index in [0.717, 1.165) is 12.1 Å². The van der Waals surface area contributed by atoms with E-state index >= 15 is 0 Å². The van der Waals surface area contributed by atoms with Gasteiger partial charge in [-0.25, -0.2) is 8.42 Å². The summed E-state index contributed by atoms with van der Waals surface area (Å²) in [6.45, 7) is 4.94. The topological polar surface area (TPSA) is 87.6 Å². The zero-order valence-corrected chi connectivity index (χ0v) is 17.0. The standard InChI is InChI=1S/C19H25N3O3S2/c1-3-16(23)19-18(13-6-8-15(9-7-13)27(2,24)25)22-17(12-21-19)20-11-14-5-4-10-26-14/h3,6-9,14,17-18,20,22H,1,4-5,10-12H2,2H3. The van der Waals surface area contributed by atoms with Gasteiger partial charge in [0.25, 0.3) is 0 Å². The van der Waals surface area contributed by atoms with Gasteiger partial charge in [-0.1, -0.05) is 18.7 Å². The van der Waals surface area contributed by atoms with Crippen LogP contribution in [0.2, 0.25) is 0 Å². The fraction of sp³-hybridized carbons (Fsp3) is 0.474. The van der Waals surface area contributed by atoms with Crippen LogP contribution >= 0.6 is 11.8 Å². The van der Waals surface area contributed by atoms with Crippen LogP contribution < -0.4 is 10.6 Å². The normalized spacial score (nSPS) is 25.8. The minimum atomic E-state index is -3.26. The van der Waals surface area contributed by atoms with Crippen LogP contribution in [0.3, 0.4) is 0 Å². The Morgan fingerprint density at radius 3 is 2.74 bits per heavy atom. The van der Waals surface area contributed by atoms with E-state index in [1.807, 2.05) is 11.8 Å². The monoisotopic (exact) mass is 407 g/mol. The van der Waals surface area contributed by atoms with Gasteiger partial charge in [0.05, 0.1) is 23.6 Å². The van der Waals surface area contributed by atoms with Crippen LogP contribution in [0.15, 0.2) is 46.8 Å². The Labute approximate surface area is 164 Å². The van der Waals surface area contributed by atoms with Gasteiger partial charge in [-0.3, -0.25) is 20.4 Å². The number of hydrogen-bond acceptors (Lipinski definition) is 7. The molecule has 3 unspecified atom stereocenters. The second-order valence-corrected chi connectivity index (χ2v) is 10.3. The molecule has 2 N–H and O–H groups in total. The van der Waals surface area contributed by atoms with Crippen molar-refractivity contribution < 1.29 is 13.2 Å². The second kappa shape index (κ2) is 8.68. The molecular weight excluding hydrogens is 382 g/mol. The molecule has 146 valence electrons. The molecule has 0 bridgehead atoms. The molecule has 2 aliphatic rings. The smallest absolute Gasteiger partial charge is 0.200 e. The van der Waals surface area contributed by atoms with Crippen molar-refractivity contribution >= 4 is 33.1 Å². The number of aliphatic imine (C=N–C) groups is 1. The average molecular weight is 408 g/mol. The van der Waals surface area contributed by atoms with Crippen LogP contribution in [0.4, 0.5) is 0 Å². The number of benzene rings is 1. The number of sulfone groups is 1. The summed E-state index contributed by atoms with van der Waals surface area (Å²) >= 11 is 1.99. The van der Waals surface area contributed by atoms with Gasteiger partial charge in [-0.2, -0.15) is 11.8 Å². The molecular formula is C19H25N3O3S2. The highest BCUT2D eigenvalue weighted by atomic mass is 32.2. The van der Waals surface area contributed by atoms with Crippen LogP contribution in [-0.2, 0) is 14.6 Å². The molecule has 2 heterocycles. The molecule has 8 heteroatoms. The summed E-state index contributed by atoms with van der Waals surface area (Å²) in [5.41, 5.74) is 1.21. The molecule has 0 amide bonds. The Morgan fingerprint density at radius 1 is 1.41 bits per heavy atom. The van der Waals surface area contributed by atoms with Crippen molar-refractivity contribution in [2.75, 3.05) is 25.1 Å². The van der Waals surface area contributed by atoms with Gasteiger partial charge in [0.2, 0.25) is 5.78 Å². The molecule has 1 aromatic carbocycles. The van der Waals surface area contributed by atoms with Crippen molar-refractivity contribution in [3.63, 3.8) is 0 Å². The first-order valence-corrected chi connectivity index (χ1v) is 11.9. The highest BCUT2D eigenvalue weighted by Crippen LogP contribution is 2.26. The molecule has 0 saturated carbocycles. The molecule has 27 heavy (non-hydrogen) atoms. The largest absolute Gasteiger partial charge is 0.299 e. The zero-order valence-electron chi connectivity index (χ0n) is 15.3. The Balaban J connectivity index is 1.77. The summed E-state index contributed by atoms with van der Waals surface area (Å²) in [5, 5.41) is 7.58. The molecule has 0 aliphatic carbocycles. The number of nitrogens with one attached hydrogen (secondary N) is 2. The maximum Gasteiger partial charge on any atom is 0.200 e. The van der Waals surface area contributed by atoms with Gasteiger partial charge in [-0.15, -0.1) is 0 Å². The lowest BCUT2D eigenvalue weighted by Crippen LogP contribution is -2.53. The van der Waals surface area contributed by atoms with Crippen LogP contribution in [-0.4, -0.2) is 56.4 Å². The fourth-order valence-corrected chi connectivity index (χ4v) is 5.15. The van der Waals surface area contributed by atoms with E-state index < -0.39 is 15.9 Å². The molecule has 0 aromatic heterocycles. The lowest BCUT2D eigenvalue weighted by Gasteiger charge is -2.31. The molecule has 3 atom stereocenters. The van der Waals surface area contributed by atoms with Crippen molar-refractivity contribution in [3.05, 3.63) is 42.5 Å². The van der Waals surface area contributed by atoms with Gasteiger partial charge >= 0.3 is 0 Å². The third kappa shape index (κ3) is 5.07. The predicted molar refractivity (Wildman–Crippen MR) is 110 cm³/mol. The Bertz CT molecular complexity index is 828. The van der Waals surface area contributed by atoms with Crippen molar-refractivity contribution in [1.29, 1.82) is 0 Å². The van der Waals surface area contributed by atoms with E-state index in [2.05, 4.69) is 22.2 Å². The van der Waals surface area contributed by atoms with Crippen molar-refractivity contribution in [1.82, 2.24) is 10.6 Å². The fourth-order valence-electron chi connectivity index (χ4n) is 3.30. The molecule has 0 spiro atoms. The van der Waals surface area contributed by atoms with Gasteiger partial charge in [0, 0.05) is 18.1 Å². The van der Waals surface area contributed by atoms with Gasteiger partial charge in [0.1, 0.15) is 5.71 Å². The number of carbonyl (C=O) groups excluding carboxylic acids is 1. The van der Waals surface area contributed by atoms with Gasteiger partial charge in [0.15, 0.2) is 9.84 Å². The van der Waals surface area contributed by atoms with Crippen molar-refractivity contribution in [2.24, 2.45) is 4.99 Å². The zero-order chi connectivity index (χ0) is 19.4. The first-order chi connectivity index (χ1) is 12.9. The van der Waals surface area contributed by atoms with E-state index in [1.165, 1.54) is 30.9 Å². The second-order valence-electron chi connectivity index (χ2n) is 6.83. The lowest BCUT2D eigenvalue weighted by atomic mass is 9.97. The number of thioether (sulfide) groups is 1. The average Bonchev–Trinajstić information content (AvgIpc) is 3.18. The predicted octanol–water partition coefficient (Wildman–Crippen LogP) is 1.74. The number of carbonyl (C=O) groups is 1. The Morgan fingerprint density at radius 2 is 2.15 bits per heavy atom. The molecule has 3 rings (SSSR count). The van der Waals surface area contributed by atoms with E-state index in [9.17, 15) is 13.2 Å². The summed E-state index contributed by atoms with van der Waals surface area (Å²) in [6.07, 6.45) is 4.90. The molecule has 1 fully saturated rings. The quantitative estimate of drug-likeness (QED) is 0.670. The first kappa shape index (κ1) is 20.3. The molecule has 2 aliphatic heterocycles. The van der Waals surface area contributed by atoms with Gasteiger partial charge < -0.3 is 0 Å². The highest BCUT2D eigenvalue weighted by Gasteiger charge is 2.30. The Hall–Kier alpha value is -1.48. The SMILES string of the molecule is C=CC(=O)C1=NCC(NCC2CCCS2)NC1c1ccc(S(C)(=O)=O)cc1. The van der Waals surface area contributed by atoms with Crippen LogP contribution in [0, 0.1) is 0 Å². The van der Waals surface area contributed by atoms with E-state index in [0.29, 0.717) is 17.5 Å². The van der Waals surface area contributed by atoms with Crippen LogP contribution in [0.1, 0.15) is 24.4 Å². The van der Waals surface area contributed by atoms with E-state index in [1.54, 1.807) is 24.3 Å². The summed E-state index contributed by atoms with van der Waals surface area (Å²) in [5.74, 6) is 1.00. The third-order valence-corrected chi connectivity index (χ3v) is 7.31. The maximum absolute atomic E-state index is 12.2. The Kier molecular flexibility index (Phi) is 6.52. The molecule has 1 saturated heterocycles. The lowest BCUT2D eigenvalue weighted by molar-refractivity contribution is -0.109. The van der Waals surface area contributed by atoms with Crippen LogP contribution in [0.5, 0.6) is 0 Å². The summed E-state index contributed by atoms with van der Waals surface area (Å²) < 4.78 is 23.4. The summed E-state index contributed by atoms with van der Waals surface area (Å²) in [4.78, 5) is 17.0. The maximum atomic E-state index is 12.2. The van der Waals surface area contributed by atoms with Crippen molar-refractivity contribution in [3.8, 4) is 0 Å². The molecule has 6 nitrogen and oxygen atoms in total. The number of nitrogens with zero attached hydrogens (tertiary/aromatic N) is 1. The van der Waals surface area contributed by atoms with E-state index in [-0.39, 0.29) is 16.8 Å². The minimum Gasteiger partial charge on any atom is -0.299 e. The molecule has 0 radical (unpaired) electrons. The summed E-state index contributed by atoms with van der Waals surface area (Å²) in [7, 11) is -3.26. The third-order valence-electron chi connectivity index (χ3n) is 4.78. The number of rotatable bonds is 7. The van der Waals surface area contributed by atoms with Gasteiger partial charge in [-0.05, 0) is 42.4 Å². The van der Waals surface area contributed by atoms with Crippen LogP contribution in [0.25, 0.3) is 0 Å². The highest BCUT2D eigenvalue weighted by molar-refractivity contribution is 8.00. The minimum absolute atomic E-state index is 0.0350. The number of hydrogen-bond donors (Lipinski definition) is 2. The molecule has 1 aromatic rings. The van der Waals surface area contributed by atoms with E-state index in [4.69, 9.17) is 0 Å². The van der Waals surface area contributed by atoms with Crippen molar-refractivity contribution in [2.45, 2.75) is 35.2 Å². The number of ketones is 1. The number of allylic oxidation sites excluding steroid dienone is 1. The summed E-state index contributed by atoms with van der Waals surface area (Å²) in [6, 6.07) is 6.19. The first-order valence-electron chi connectivity index (χ1n) is 9.00.